The Morgan fingerprint density at radius 3 is 2.23 bits per heavy atom. The van der Waals surface area contributed by atoms with Gasteiger partial charge in [0.2, 0.25) is 15.9 Å². The lowest BCUT2D eigenvalue weighted by Gasteiger charge is -2.33. The number of amides is 1. The fourth-order valence-corrected chi connectivity index (χ4v) is 5.01. The molecule has 0 spiro atoms. The molecule has 26 heavy (non-hydrogen) atoms. The zero-order chi connectivity index (χ0) is 18.7. The maximum absolute atomic E-state index is 12.7. The third kappa shape index (κ3) is 4.23. The molecule has 7 heteroatoms. The van der Waals surface area contributed by atoms with E-state index in [0.29, 0.717) is 31.1 Å². The van der Waals surface area contributed by atoms with Gasteiger partial charge in [0.25, 0.3) is 0 Å². The maximum atomic E-state index is 12.7. The summed E-state index contributed by atoms with van der Waals surface area (Å²) in [5.74, 6) is -0.0802. The Labute approximate surface area is 158 Å². The van der Waals surface area contributed by atoms with E-state index in [1.807, 2.05) is 32.1 Å². The van der Waals surface area contributed by atoms with Crippen LogP contribution in [0.1, 0.15) is 15.3 Å². The second-order valence-corrected chi connectivity index (χ2v) is 9.58. The molecule has 1 aromatic carbocycles. The Hall–Kier alpha value is -1.96. The average molecular weight is 391 g/mol. The van der Waals surface area contributed by atoms with Crippen molar-refractivity contribution in [1.29, 1.82) is 0 Å². The highest BCUT2D eigenvalue weighted by Crippen LogP contribution is 2.19. The van der Waals surface area contributed by atoms with E-state index in [-0.39, 0.29) is 5.91 Å². The standard InChI is InChI=1S/C19H22N2O3S2/c1-15-3-8-18(9-4-15)26(23,24)21-13-11-20(12-14-21)19(22)10-7-17-6-5-16(2)25-17/h3-10H,11-14H2,1-2H3/b10-7+. The molecule has 0 bridgehead atoms. The smallest absolute Gasteiger partial charge is 0.246 e. The van der Waals surface area contributed by atoms with Gasteiger partial charge in [-0.2, -0.15) is 4.31 Å². The second-order valence-electron chi connectivity index (χ2n) is 6.32. The molecule has 2 aromatic rings. The Morgan fingerprint density at radius 2 is 1.65 bits per heavy atom. The molecule has 0 N–H and O–H groups in total. The van der Waals surface area contributed by atoms with Gasteiger partial charge in [0.15, 0.2) is 0 Å². The van der Waals surface area contributed by atoms with Crippen molar-refractivity contribution in [2.24, 2.45) is 0 Å². The number of thiophene rings is 1. The minimum atomic E-state index is -3.50. The molecule has 1 aromatic heterocycles. The van der Waals surface area contributed by atoms with Crippen LogP contribution < -0.4 is 0 Å². The Morgan fingerprint density at radius 1 is 1.00 bits per heavy atom. The summed E-state index contributed by atoms with van der Waals surface area (Å²) in [6.45, 7) is 5.38. The van der Waals surface area contributed by atoms with Crippen molar-refractivity contribution in [1.82, 2.24) is 9.21 Å². The molecular weight excluding hydrogens is 368 g/mol. The van der Waals surface area contributed by atoms with E-state index < -0.39 is 10.0 Å². The normalized spacial score (nSPS) is 16.3. The summed E-state index contributed by atoms with van der Waals surface area (Å²) >= 11 is 1.63. The van der Waals surface area contributed by atoms with Gasteiger partial charge >= 0.3 is 0 Å². The number of hydrogen-bond donors (Lipinski definition) is 0. The lowest BCUT2D eigenvalue weighted by atomic mass is 10.2. The number of nitrogens with zero attached hydrogens (tertiary/aromatic N) is 2. The lowest BCUT2D eigenvalue weighted by molar-refractivity contribution is -0.127. The minimum Gasteiger partial charge on any atom is -0.337 e. The quantitative estimate of drug-likeness (QED) is 0.755. The third-order valence-electron chi connectivity index (χ3n) is 4.36. The molecule has 1 fully saturated rings. The summed E-state index contributed by atoms with van der Waals surface area (Å²) in [5, 5.41) is 0. The molecule has 0 saturated carbocycles. The molecule has 0 unspecified atom stereocenters. The molecule has 3 rings (SSSR count). The number of rotatable bonds is 4. The summed E-state index contributed by atoms with van der Waals surface area (Å²) in [4.78, 5) is 16.6. The third-order valence-corrected chi connectivity index (χ3v) is 7.24. The minimum absolute atomic E-state index is 0.0802. The van der Waals surface area contributed by atoms with Crippen molar-refractivity contribution < 1.29 is 13.2 Å². The molecule has 2 heterocycles. The molecule has 1 aliphatic rings. The molecule has 0 atom stereocenters. The van der Waals surface area contributed by atoms with Gasteiger partial charge in [0, 0.05) is 42.0 Å². The van der Waals surface area contributed by atoms with Gasteiger partial charge in [0.05, 0.1) is 4.90 Å². The van der Waals surface area contributed by atoms with Gasteiger partial charge in [0.1, 0.15) is 0 Å². The van der Waals surface area contributed by atoms with Crippen LogP contribution in [0.3, 0.4) is 0 Å². The van der Waals surface area contributed by atoms with E-state index in [1.165, 1.54) is 9.18 Å². The summed E-state index contributed by atoms with van der Waals surface area (Å²) in [7, 11) is -3.50. The van der Waals surface area contributed by atoms with E-state index in [0.717, 1.165) is 10.4 Å². The van der Waals surface area contributed by atoms with Crippen LogP contribution in [0.25, 0.3) is 6.08 Å². The molecule has 1 amide bonds. The van der Waals surface area contributed by atoms with Crippen molar-refractivity contribution in [3.63, 3.8) is 0 Å². The van der Waals surface area contributed by atoms with Gasteiger partial charge < -0.3 is 4.90 Å². The van der Waals surface area contributed by atoms with Crippen LogP contribution in [0.4, 0.5) is 0 Å². The van der Waals surface area contributed by atoms with Crippen molar-refractivity contribution >= 4 is 33.3 Å². The fraction of sp³-hybridized carbons (Fsp3) is 0.316. The summed E-state index contributed by atoms with van der Waals surface area (Å²) in [5.41, 5.74) is 1.02. The fourth-order valence-electron chi connectivity index (χ4n) is 2.81. The monoisotopic (exact) mass is 390 g/mol. The van der Waals surface area contributed by atoms with Crippen LogP contribution in [-0.4, -0.2) is 49.7 Å². The molecule has 1 aliphatic heterocycles. The number of carbonyl (C=O) groups excluding carboxylic acids is 1. The lowest BCUT2D eigenvalue weighted by Crippen LogP contribution is -2.50. The number of aryl methyl sites for hydroxylation is 2. The van der Waals surface area contributed by atoms with Gasteiger partial charge in [-0.25, -0.2) is 8.42 Å². The molecular formula is C19H22N2O3S2. The molecule has 138 valence electrons. The van der Waals surface area contributed by atoms with Crippen LogP contribution in [-0.2, 0) is 14.8 Å². The molecule has 5 nitrogen and oxygen atoms in total. The van der Waals surface area contributed by atoms with Gasteiger partial charge in [-0.3, -0.25) is 4.79 Å². The predicted molar refractivity (Wildman–Crippen MR) is 105 cm³/mol. The van der Waals surface area contributed by atoms with Crippen LogP contribution in [0.5, 0.6) is 0 Å². The van der Waals surface area contributed by atoms with Gasteiger partial charge in [-0.05, 0) is 44.2 Å². The topological polar surface area (TPSA) is 57.7 Å². The van der Waals surface area contributed by atoms with Crippen LogP contribution in [0.2, 0.25) is 0 Å². The van der Waals surface area contributed by atoms with Crippen molar-refractivity contribution in [2.75, 3.05) is 26.2 Å². The summed E-state index contributed by atoms with van der Waals surface area (Å²) in [6.07, 6.45) is 3.38. The average Bonchev–Trinajstić information content (AvgIpc) is 3.05. The Balaban J connectivity index is 1.60. The van der Waals surface area contributed by atoms with E-state index in [2.05, 4.69) is 0 Å². The molecule has 0 radical (unpaired) electrons. The number of piperazine rings is 1. The first kappa shape index (κ1) is 18.8. The first-order valence-electron chi connectivity index (χ1n) is 8.46. The number of hydrogen-bond acceptors (Lipinski definition) is 4. The highest BCUT2D eigenvalue weighted by atomic mass is 32.2. The first-order chi connectivity index (χ1) is 12.4. The van der Waals surface area contributed by atoms with Crippen LogP contribution in [0, 0.1) is 13.8 Å². The number of sulfonamides is 1. The van der Waals surface area contributed by atoms with E-state index >= 15 is 0 Å². The van der Waals surface area contributed by atoms with E-state index in [9.17, 15) is 13.2 Å². The first-order valence-corrected chi connectivity index (χ1v) is 10.7. The Bertz CT molecular complexity index is 907. The Kier molecular flexibility index (Phi) is 5.60. The maximum Gasteiger partial charge on any atom is 0.246 e. The molecule has 0 aliphatic carbocycles. The highest BCUT2D eigenvalue weighted by molar-refractivity contribution is 7.89. The number of carbonyl (C=O) groups is 1. The van der Waals surface area contributed by atoms with Crippen molar-refractivity contribution in [3.8, 4) is 0 Å². The van der Waals surface area contributed by atoms with Crippen molar-refractivity contribution in [3.05, 3.63) is 57.8 Å². The zero-order valence-electron chi connectivity index (χ0n) is 14.9. The summed E-state index contributed by atoms with van der Waals surface area (Å²) < 4.78 is 26.8. The van der Waals surface area contributed by atoms with Crippen molar-refractivity contribution in [2.45, 2.75) is 18.7 Å². The highest BCUT2D eigenvalue weighted by Gasteiger charge is 2.29. The van der Waals surface area contributed by atoms with Crippen LogP contribution >= 0.6 is 11.3 Å². The SMILES string of the molecule is Cc1ccc(S(=O)(=O)N2CCN(C(=O)/C=C/c3ccc(C)s3)CC2)cc1. The van der Waals surface area contributed by atoms with E-state index in [1.54, 1.807) is 46.6 Å². The zero-order valence-corrected chi connectivity index (χ0v) is 16.5. The van der Waals surface area contributed by atoms with Crippen LogP contribution in [0.15, 0.2) is 47.4 Å². The number of benzene rings is 1. The largest absolute Gasteiger partial charge is 0.337 e. The molecule has 1 saturated heterocycles. The summed E-state index contributed by atoms with van der Waals surface area (Å²) in [6, 6.07) is 10.9. The van der Waals surface area contributed by atoms with Gasteiger partial charge in [-0.1, -0.05) is 17.7 Å². The van der Waals surface area contributed by atoms with E-state index in [4.69, 9.17) is 0 Å². The predicted octanol–water partition coefficient (Wildman–Crippen LogP) is 2.91. The second kappa shape index (κ2) is 7.73. The van der Waals surface area contributed by atoms with Gasteiger partial charge in [-0.15, -0.1) is 11.3 Å².